The van der Waals surface area contributed by atoms with Gasteiger partial charge in [-0.25, -0.2) is 4.57 Å². The van der Waals surface area contributed by atoms with Crippen molar-refractivity contribution in [2.75, 3.05) is 24.5 Å². The van der Waals surface area contributed by atoms with Gasteiger partial charge >= 0.3 is 0 Å². The molecule has 0 radical (unpaired) electrons. The van der Waals surface area contributed by atoms with Gasteiger partial charge in [-0.05, 0) is 36.8 Å². The Kier molecular flexibility index (Phi) is 7.57. The summed E-state index contributed by atoms with van der Waals surface area (Å²) in [6.45, 7) is 2.61. The van der Waals surface area contributed by atoms with Gasteiger partial charge in [-0.15, -0.1) is 0 Å². The van der Waals surface area contributed by atoms with E-state index >= 15 is 0 Å². The Labute approximate surface area is 219 Å². The van der Waals surface area contributed by atoms with Gasteiger partial charge in [0.15, 0.2) is 12.4 Å². The summed E-state index contributed by atoms with van der Waals surface area (Å²) < 4.78 is 1.94. The van der Waals surface area contributed by atoms with Crippen LogP contribution in [-0.2, 0) is 12.6 Å². The molecule has 2 fully saturated rings. The van der Waals surface area contributed by atoms with Crippen molar-refractivity contribution in [3.8, 4) is 0 Å². The van der Waals surface area contributed by atoms with Crippen LogP contribution in [0.2, 0.25) is 0 Å². The second kappa shape index (κ2) is 10.4. The lowest BCUT2D eigenvalue weighted by Crippen LogP contribution is -3.00. The van der Waals surface area contributed by atoms with E-state index in [1.807, 2.05) is 89.6 Å². The van der Waals surface area contributed by atoms with E-state index in [0.717, 1.165) is 61.2 Å². The summed E-state index contributed by atoms with van der Waals surface area (Å²) in [5.74, 6) is 0.000822. The highest BCUT2D eigenvalue weighted by molar-refractivity contribution is 5.99. The standard InChI is InChI=1S/C28H32N3O2.HI/c1-29-20-16-25(30-17-8-9-18-30)24(21-29)27(32)31-19-10-15-26(31)28(33,22-11-4-2-5-12-22)23-13-6-3-7-14-23;/h2-7,11-14,16,20-21,26,33H,8-10,15,17-19H2,1H3;1H/q+1;/p-1/t26-;/m0./s1. The fraction of sp³-hybridized carbons (Fsp3) is 0.357. The van der Waals surface area contributed by atoms with Gasteiger partial charge in [-0.1, -0.05) is 60.7 Å². The Bertz CT molecular complexity index is 1080. The second-order valence-corrected chi connectivity index (χ2v) is 9.26. The molecule has 0 aliphatic carbocycles. The maximum absolute atomic E-state index is 14.1. The first-order chi connectivity index (χ1) is 16.1. The Hall–Kier alpha value is -2.45. The monoisotopic (exact) mass is 569 g/mol. The molecule has 6 heteroatoms. The van der Waals surface area contributed by atoms with E-state index in [9.17, 15) is 9.90 Å². The number of rotatable bonds is 5. The average molecular weight is 569 g/mol. The van der Waals surface area contributed by atoms with Crippen molar-refractivity contribution in [3.63, 3.8) is 0 Å². The molecule has 3 aromatic rings. The molecule has 5 rings (SSSR count). The molecule has 1 aromatic heterocycles. The zero-order chi connectivity index (χ0) is 22.8. The number of carbonyl (C=O) groups excluding carboxylic acids is 1. The molecule has 2 aromatic carbocycles. The fourth-order valence-electron chi connectivity index (χ4n) is 5.52. The predicted octanol–water partition coefficient (Wildman–Crippen LogP) is 0.656. The molecule has 0 bridgehead atoms. The molecule has 178 valence electrons. The van der Waals surface area contributed by atoms with E-state index < -0.39 is 5.60 Å². The zero-order valence-electron chi connectivity index (χ0n) is 19.6. The summed E-state index contributed by atoms with van der Waals surface area (Å²) in [5, 5.41) is 12.3. The number of anilines is 1. The van der Waals surface area contributed by atoms with Crippen molar-refractivity contribution in [3.05, 3.63) is 95.8 Å². The summed E-state index contributed by atoms with van der Waals surface area (Å²) >= 11 is 0. The van der Waals surface area contributed by atoms with Crippen molar-refractivity contribution >= 4 is 11.6 Å². The molecular formula is C28H32IN3O2. The van der Waals surface area contributed by atoms with Crippen LogP contribution in [-0.4, -0.2) is 41.6 Å². The molecule has 3 heterocycles. The van der Waals surface area contributed by atoms with Crippen LogP contribution < -0.4 is 33.4 Å². The number of halogens is 1. The van der Waals surface area contributed by atoms with E-state index in [2.05, 4.69) is 11.0 Å². The predicted molar refractivity (Wildman–Crippen MR) is 129 cm³/mol. The van der Waals surface area contributed by atoms with Gasteiger partial charge in [0.05, 0.1) is 11.7 Å². The van der Waals surface area contributed by atoms with E-state index in [-0.39, 0.29) is 35.9 Å². The highest BCUT2D eigenvalue weighted by atomic mass is 127. The number of hydrogen-bond donors (Lipinski definition) is 1. The number of benzene rings is 2. The van der Waals surface area contributed by atoms with Crippen molar-refractivity contribution in [2.45, 2.75) is 37.3 Å². The minimum atomic E-state index is -1.28. The largest absolute Gasteiger partial charge is 1.00 e. The lowest BCUT2D eigenvalue weighted by molar-refractivity contribution is -0.671. The molecule has 0 saturated carbocycles. The summed E-state index contributed by atoms with van der Waals surface area (Å²) in [5.41, 5.74) is 2.08. The fourth-order valence-corrected chi connectivity index (χ4v) is 5.52. The van der Waals surface area contributed by atoms with Crippen LogP contribution in [0.15, 0.2) is 79.1 Å². The van der Waals surface area contributed by atoms with Crippen molar-refractivity contribution in [1.29, 1.82) is 0 Å². The summed E-state index contributed by atoms with van der Waals surface area (Å²) in [7, 11) is 1.95. The molecule has 0 unspecified atom stereocenters. The van der Waals surface area contributed by atoms with Gasteiger partial charge in [0, 0.05) is 25.7 Å². The molecule has 1 amide bonds. The average Bonchev–Trinajstić information content (AvgIpc) is 3.57. The molecule has 1 atom stereocenters. The van der Waals surface area contributed by atoms with Crippen LogP contribution in [0.25, 0.3) is 0 Å². The number of aryl methyl sites for hydroxylation is 1. The summed E-state index contributed by atoms with van der Waals surface area (Å²) in [6, 6.07) is 21.3. The Morgan fingerprint density at radius 1 is 0.912 bits per heavy atom. The first kappa shape index (κ1) is 24.7. The van der Waals surface area contributed by atoms with Gasteiger partial charge in [0.1, 0.15) is 18.2 Å². The number of carbonyl (C=O) groups is 1. The highest BCUT2D eigenvalue weighted by Crippen LogP contribution is 2.41. The Morgan fingerprint density at radius 3 is 2.09 bits per heavy atom. The van der Waals surface area contributed by atoms with Crippen molar-refractivity contribution in [2.24, 2.45) is 7.05 Å². The van der Waals surface area contributed by atoms with Crippen LogP contribution in [0.5, 0.6) is 0 Å². The maximum Gasteiger partial charge on any atom is 0.262 e. The molecule has 0 spiro atoms. The molecule has 5 nitrogen and oxygen atoms in total. The topological polar surface area (TPSA) is 47.7 Å². The third kappa shape index (κ3) is 4.45. The van der Waals surface area contributed by atoms with Gasteiger partial charge in [-0.3, -0.25) is 4.79 Å². The summed E-state index contributed by atoms with van der Waals surface area (Å²) in [4.78, 5) is 18.3. The lowest BCUT2D eigenvalue weighted by atomic mass is 9.79. The summed E-state index contributed by atoms with van der Waals surface area (Å²) in [6.07, 6.45) is 7.89. The number of pyridine rings is 1. The number of hydrogen-bond acceptors (Lipinski definition) is 3. The number of aromatic nitrogens is 1. The van der Waals surface area contributed by atoms with Crippen LogP contribution in [0, 0.1) is 0 Å². The van der Waals surface area contributed by atoms with Gasteiger partial charge in [0.25, 0.3) is 5.91 Å². The van der Waals surface area contributed by atoms with E-state index in [1.54, 1.807) is 0 Å². The minimum absolute atomic E-state index is 0. The van der Waals surface area contributed by atoms with Gasteiger partial charge in [-0.2, -0.15) is 0 Å². The van der Waals surface area contributed by atoms with Crippen LogP contribution in [0.1, 0.15) is 47.2 Å². The Balaban J connectivity index is 0.00000274. The van der Waals surface area contributed by atoms with Crippen LogP contribution in [0.4, 0.5) is 5.69 Å². The van der Waals surface area contributed by atoms with E-state index in [4.69, 9.17) is 0 Å². The number of likely N-dealkylation sites (tertiary alicyclic amines) is 1. The first-order valence-corrected chi connectivity index (χ1v) is 12.0. The number of amides is 1. The maximum atomic E-state index is 14.1. The normalized spacial score (nSPS) is 18.1. The molecule has 2 aliphatic rings. The molecule has 1 N–H and O–H groups in total. The minimum Gasteiger partial charge on any atom is -1.00 e. The molecule has 2 saturated heterocycles. The molecular weight excluding hydrogens is 537 g/mol. The molecule has 34 heavy (non-hydrogen) atoms. The lowest BCUT2D eigenvalue weighted by Gasteiger charge is -2.40. The van der Waals surface area contributed by atoms with Crippen molar-refractivity contribution in [1.82, 2.24) is 4.90 Å². The number of nitrogens with zero attached hydrogens (tertiary/aromatic N) is 3. The van der Waals surface area contributed by atoms with Crippen LogP contribution in [0.3, 0.4) is 0 Å². The van der Waals surface area contributed by atoms with Crippen molar-refractivity contribution < 1.29 is 38.4 Å². The quantitative estimate of drug-likeness (QED) is 0.363. The van der Waals surface area contributed by atoms with E-state index in [1.165, 1.54) is 0 Å². The second-order valence-electron chi connectivity index (χ2n) is 9.26. The third-order valence-corrected chi connectivity index (χ3v) is 7.18. The zero-order valence-corrected chi connectivity index (χ0v) is 21.8. The number of aliphatic hydroxyl groups is 1. The first-order valence-electron chi connectivity index (χ1n) is 12.0. The SMILES string of the molecule is C[n+]1ccc(N2CCCC2)c(C(=O)N2CCC[C@H]2C(O)(c2ccccc2)c2ccccc2)c1.[I-]. The van der Waals surface area contributed by atoms with Gasteiger partial charge < -0.3 is 38.9 Å². The third-order valence-electron chi connectivity index (χ3n) is 7.18. The van der Waals surface area contributed by atoms with Crippen LogP contribution >= 0.6 is 0 Å². The van der Waals surface area contributed by atoms with E-state index in [0.29, 0.717) is 6.54 Å². The smallest absolute Gasteiger partial charge is 0.262 e. The highest BCUT2D eigenvalue weighted by Gasteiger charge is 2.47. The molecule has 2 aliphatic heterocycles. The van der Waals surface area contributed by atoms with Gasteiger partial charge in [0.2, 0.25) is 0 Å². The Morgan fingerprint density at radius 2 is 1.50 bits per heavy atom.